The van der Waals surface area contributed by atoms with Crippen molar-refractivity contribution in [3.8, 4) is 28.4 Å². The molecule has 0 fully saturated rings. The van der Waals surface area contributed by atoms with Gasteiger partial charge in [0.05, 0.1) is 28.6 Å². The average Bonchev–Trinajstić information content (AvgIpc) is 2.92. The number of hydrogen-bond acceptors (Lipinski definition) is 8. The van der Waals surface area contributed by atoms with E-state index in [9.17, 15) is 26.4 Å². The predicted molar refractivity (Wildman–Crippen MR) is 145 cm³/mol. The largest absolute Gasteiger partial charge is 0.573 e. The van der Waals surface area contributed by atoms with E-state index >= 15 is 0 Å². The van der Waals surface area contributed by atoms with Crippen LogP contribution < -0.4 is 25.5 Å². The minimum absolute atomic E-state index is 0.00830. The number of fused-ring (bicyclic) bond motifs is 1. The van der Waals surface area contributed by atoms with Crippen molar-refractivity contribution in [3.05, 3.63) is 95.4 Å². The van der Waals surface area contributed by atoms with Crippen molar-refractivity contribution >= 4 is 32.6 Å². The number of nitrogens with one attached hydrogen (secondary N) is 1. The number of para-hydroxylation sites is 1. The molecule has 0 aliphatic heterocycles. The van der Waals surface area contributed by atoms with Crippen molar-refractivity contribution in [2.24, 2.45) is 0 Å². The molecule has 5 aromatic rings. The molecule has 210 valence electrons. The number of aromatic nitrogens is 3. The van der Waals surface area contributed by atoms with Gasteiger partial charge < -0.3 is 15.2 Å². The summed E-state index contributed by atoms with van der Waals surface area (Å²) in [4.78, 5) is 21.4. The Morgan fingerprint density at radius 3 is 2.41 bits per heavy atom. The molecular formula is C27H20F3N5O5S. The molecule has 3 aromatic carbocycles. The number of anilines is 2. The topological polar surface area (TPSA) is 138 Å². The molecule has 0 bridgehead atoms. The Labute approximate surface area is 230 Å². The van der Waals surface area contributed by atoms with Gasteiger partial charge in [-0.25, -0.2) is 23.0 Å². The highest BCUT2D eigenvalue weighted by molar-refractivity contribution is 7.92. The zero-order valence-corrected chi connectivity index (χ0v) is 21.9. The summed E-state index contributed by atoms with van der Waals surface area (Å²) in [5.41, 5.74) is 7.34. The lowest BCUT2D eigenvalue weighted by Gasteiger charge is -2.14. The molecule has 0 amide bonds. The van der Waals surface area contributed by atoms with Crippen LogP contribution in [0.15, 0.2) is 94.7 Å². The van der Waals surface area contributed by atoms with Crippen LogP contribution in [0.25, 0.3) is 27.7 Å². The summed E-state index contributed by atoms with van der Waals surface area (Å²) in [5.74, 6) is -0.790. The quantitative estimate of drug-likeness (QED) is 0.280. The smallest absolute Gasteiger partial charge is 0.480 e. The first kappa shape index (κ1) is 27.5. The zero-order chi connectivity index (χ0) is 29.4. The van der Waals surface area contributed by atoms with Gasteiger partial charge in [0.1, 0.15) is 11.4 Å². The van der Waals surface area contributed by atoms with Crippen molar-refractivity contribution in [1.82, 2.24) is 14.5 Å². The highest BCUT2D eigenvalue weighted by Gasteiger charge is 2.31. The van der Waals surface area contributed by atoms with Crippen LogP contribution in [0, 0.1) is 0 Å². The molecule has 2 aromatic heterocycles. The molecule has 0 saturated carbocycles. The van der Waals surface area contributed by atoms with Crippen LogP contribution >= 0.6 is 0 Å². The molecule has 0 saturated heterocycles. The second-order valence-corrected chi connectivity index (χ2v) is 10.3. The molecule has 41 heavy (non-hydrogen) atoms. The minimum atomic E-state index is -5.00. The van der Waals surface area contributed by atoms with Gasteiger partial charge in [-0.3, -0.25) is 9.52 Å². The SMILES string of the molecule is COc1ncc(-c2ccc3nc(N)n(-c4ccccc4)c(=O)c3c2)cc1NS(=O)(=O)c1cccc(OC(F)(F)F)c1. The van der Waals surface area contributed by atoms with Gasteiger partial charge in [-0.2, -0.15) is 0 Å². The van der Waals surface area contributed by atoms with E-state index in [4.69, 9.17) is 10.5 Å². The molecule has 0 aliphatic rings. The fourth-order valence-corrected chi connectivity index (χ4v) is 5.18. The standard InChI is InChI=1S/C27H20F3N5O5S/c1-39-24-23(34-41(37,38)20-9-5-8-19(14-20)40-27(28,29)30)13-17(15-32-24)16-10-11-22-21(12-16)25(36)35(26(31)33-22)18-6-3-2-4-7-18/h2-15,34H,1H3,(H2,31,33). The van der Waals surface area contributed by atoms with Crippen LogP contribution in [-0.2, 0) is 10.0 Å². The van der Waals surface area contributed by atoms with Crippen molar-refractivity contribution in [2.75, 3.05) is 17.6 Å². The van der Waals surface area contributed by atoms with Crippen molar-refractivity contribution in [3.63, 3.8) is 0 Å². The monoisotopic (exact) mass is 583 g/mol. The average molecular weight is 584 g/mol. The number of sulfonamides is 1. The number of hydrogen-bond donors (Lipinski definition) is 2. The second-order valence-electron chi connectivity index (χ2n) is 8.59. The number of nitrogens with zero attached hydrogens (tertiary/aromatic N) is 3. The molecule has 0 aliphatic carbocycles. The summed E-state index contributed by atoms with van der Waals surface area (Å²) >= 11 is 0. The van der Waals surface area contributed by atoms with Crippen LogP contribution in [0.3, 0.4) is 0 Å². The Kier molecular flexibility index (Phi) is 7.01. The number of nitrogens with two attached hydrogens (primary N) is 1. The van der Waals surface area contributed by atoms with E-state index in [0.717, 1.165) is 24.3 Å². The van der Waals surface area contributed by atoms with Gasteiger partial charge in [0.15, 0.2) is 0 Å². The molecule has 0 atom stereocenters. The minimum Gasteiger partial charge on any atom is -0.480 e. The first-order chi connectivity index (χ1) is 19.4. The molecule has 0 radical (unpaired) electrons. The van der Waals surface area contributed by atoms with E-state index in [1.54, 1.807) is 48.5 Å². The van der Waals surface area contributed by atoms with Crippen molar-refractivity contribution in [2.45, 2.75) is 11.3 Å². The molecule has 0 unspecified atom stereocenters. The molecule has 14 heteroatoms. The first-order valence-corrected chi connectivity index (χ1v) is 13.2. The number of ether oxygens (including phenoxy) is 2. The van der Waals surface area contributed by atoms with Crippen molar-refractivity contribution in [1.29, 1.82) is 0 Å². The van der Waals surface area contributed by atoms with E-state index in [0.29, 0.717) is 22.3 Å². The lowest BCUT2D eigenvalue weighted by atomic mass is 10.0. The number of methoxy groups -OCH3 is 1. The van der Waals surface area contributed by atoms with Crippen LogP contribution in [0.2, 0.25) is 0 Å². The summed E-state index contributed by atoms with van der Waals surface area (Å²) in [6, 6.07) is 18.9. The fourth-order valence-electron chi connectivity index (χ4n) is 4.10. The van der Waals surface area contributed by atoms with Crippen LogP contribution in [0.1, 0.15) is 0 Å². The number of pyridine rings is 1. The van der Waals surface area contributed by atoms with E-state index in [1.165, 1.54) is 23.9 Å². The predicted octanol–water partition coefficient (Wildman–Crippen LogP) is 4.74. The van der Waals surface area contributed by atoms with Crippen LogP contribution in [-0.4, -0.2) is 36.4 Å². The molecule has 0 spiro atoms. The van der Waals surface area contributed by atoms with E-state index in [2.05, 4.69) is 19.4 Å². The Hall–Kier alpha value is -5.11. The van der Waals surface area contributed by atoms with E-state index in [-0.39, 0.29) is 22.9 Å². The summed E-state index contributed by atoms with van der Waals surface area (Å²) in [5, 5.41) is 0.250. The number of alkyl halides is 3. The molecular weight excluding hydrogens is 563 g/mol. The Morgan fingerprint density at radius 2 is 1.71 bits per heavy atom. The number of nitrogen functional groups attached to an aromatic ring is 1. The Morgan fingerprint density at radius 1 is 0.951 bits per heavy atom. The van der Waals surface area contributed by atoms with Gasteiger partial charge in [0.25, 0.3) is 15.6 Å². The first-order valence-electron chi connectivity index (χ1n) is 11.8. The molecule has 3 N–H and O–H groups in total. The maximum atomic E-state index is 13.4. The number of rotatable bonds is 7. The maximum absolute atomic E-state index is 13.4. The highest BCUT2D eigenvalue weighted by Crippen LogP contribution is 2.32. The fraction of sp³-hybridized carbons (Fsp3) is 0.0741. The highest BCUT2D eigenvalue weighted by atomic mass is 32.2. The number of benzene rings is 3. The van der Waals surface area contributed by atoms with Gasteiger partial charge in [0, 0.05) is 17.8 Å². The lowest BCUT2D eigenvalue weighted by Crippen LogP contribution is -2.23. The third-order valence-electron chi connectivity index (χ3n) is 5.88. The van der Waals surface area contributed by atoms with Crippen molar-refractivity contribution < 1.29 is 31.1 Å². The third kappa shape index (κ3) is 5.77. The van der Waals surface area contributed by atoms with Gasteiger partial charge in [-0.15, -0.1) is 13.2 Å². The summed E-state index contributed by atoms with van der Waals surface area (Å²) in [6.07, 6.45) is -3.58. The normalized spacial score (nSPS) is 11.8. The van der Waals surface area contributed by atoms with Crippen LogP contribution in [0.4, 0.5) is 24.8 Å². The number of halogens is 3. The third-order valence-corrected chi connectivity index (χ3v) is 7.24. The lowest BCUT2D eigenvalue weighted by molar-refractivity contribution is -0.274. The van der Waals surface area contributed by atoms with E-state index < -0.39 is 32.6 Å². The zero-order valence-electron chi connectivity index (χ0n) is 21.1. The summed E-state index contributed by atoms with van der Waals surface area (Å²) < 4.78 is 76.6. The second kappa shape index (κ2) is 10.5. The molecule has 2 heterocycles. The Bertz CT molecular complexity index is 1930. The van der Waals surface area contributed by atoms with Gasteiger partial charge >= 0.3 is 6.36 Å². The summed E-state index contributed by atoms with van der Waals surface area (Å²) in [6.45, 7) is 0. The van der Waals surface area contributed by atoms with Crippen LogP contribution in [0.5, 0.6) is 11.6 Å². The summed E-state index contributed by atoms with van der Waals surface area (Å²) in [7, 11) is -3.13. The van der Waals surface area contributed by atoms with E-state index in [1.807, 2.05) is 0 Å². The maximum Gasteiger partial charge on any atom is 0.573 e. The Balaban J connectivity index is 1.54. The van der Waals surface area contributed by atoms with Gasteiger partial charge in [-0.05, 0) is 48.0 Å². The molecule has 5 rings (SSSR count). The van der Waals surface area contributed by atoms with Gasteiger partial charge in [0.2, 0.25) is 11.8 Å². The van der Waals surface area contributed by atoms with Gasteiger partial charge in [-0.1, -0.05) is 30.3 Å². The molecule has 10 nitrogen and oxygen atoms in total.